The highest BCUT2D eigenvalue weighted by Gasteiger charge is 2.17. The van der Waals surface area contributed by atoms with Gasteiger partial charge in [0.2, 0.25) is 5.91 Å². The number of carbonyl (C=O) groups is 1. The molecule has 8 heteroatoms. The van der Waals surface area contributed by atoms with E-state index in [9.17, 15) is 13.6 Å². The van der Waals surface area contributed by atoms with Crippen molar-refractivity contribution < 1.29 is 13.6 Å². The van der Waals surface area contributed by atoms with E-state index in [0.717, 1.165) is 12.1 Å². The van der Waals surface area contributed by atoms with Crippen molar-refractivity contribution >= 4 is 17.3 Å². The van der Waals surface area contributed by atoms with Crippen molar-refractivity contribution in [3.05, 3.63) is 60.1 Å². The molecule has 128 valence electrons. The Kier molecular flexibility index (Phi) is 4.42. The van der Waals surface area contributed by atoms with Gasteiger partial charge in [0.05, 0.1) is 17.0 Å². The molecule has 1 amide bonds. The average molecular weight is 343 g/mol. The number of halogens is 2. The van der Waals surface area contributed by atoms with Gasteiger partial charge in [-0.1, -0.05) is 6.58 Å². The summed E-state index contributed by atoms with van der Waals surface area (Å²) in [5, 5.41) is 5.66. The van der Waals surface area contributed by atoms with Crippen LogP contribution in [0.1, 0.15) is 12.1 Å². The minimum atomic E-state index is -0.847. The maximum atomic E-state index is 14.1. The normalized spacial score (nSPS) is 13.8. The second kappa shape index (κ2) is 6.68. The number of nitrogen functional groups attached to an aromatic ring is 1. The van der Waals surface area contributed by atoms with Gasteiger partial charge < -0.3 is 16.4 Å². The molecule has 1 aliphatic heterocycles. The van der Waals surface area contributed by atoms with E-state index < -0.39 is 11.6 Å². The first-order valence-electron chi connectivity index (χ1n) is 7.46. The molecule has 2 aromatic rings. The third-order valence-electron chi connectivity index (χ3n) is 3.56. The minimum absolute atomic E-state index is 0.0245. The van der Waals surface area contributed by atoms with Crippen LogP contribution in [0.25, 0.3) is 17.1 Å². The summed E-state index contributed by atoms with van der Waals surface area (Å²) in [4.78, 5) is 19.4. The lowest BCUT2D eigenvalue weighted by Gasteiger charge is -2.17. The van der Waals surface area contributed by atoms with E-state index in [1.165, 1.54) is 12.3 Å². The summed E-state index contributed by atoms with van der Waals surface area (Å²) in [6.07, 6.45) is 3.42. The maximum Gasteiger partial charge on any atom is 0.245 e. The lowest BCUT2D eigenvalue weighted by molar-refractivity contribution is -0.116. The van der Waals surface area contributed by atoms with Gasteiger partial charge in [-0.2, -0.15) is 0 Å². The van der Waals surface area contributed by atoms with Crippen LogP contribution in [0.15, 0.2) is 42.7 Å². The highest BCUT2D eigenvalue weighted by Crippen LogP contribution is 2.26. The number of anilines is 1. The van der Waals surface area contributed by atoms with Gasteiger partial charge in [-0.15, -0.1) is 0 Å². The third kappa shape index (κ3) is 3.63. The van der Waals surface area contributed by atoms with Crippen molar-refractivity contribution in [3.63, 3.8) is 0 Å². The Hall–Kier alpha value is -3.29. The number of nitrogens with one attached hydrogen (secondary N) is 2. The van der Waals surface area contributed by atoms with Crippen LogP contribution in [0.2, 0.25) is 0 Å². The number of aromatic nitrogens is 2. The SMILES string of the molecule is C=C(NC1=CC(=O)NCC1)c1ccnc(-c2c(F)cc(N)cc2F)n1. The number of hydrogen-bond acceptors (Lipinski definition) is 5. The molecule has 6 nitrogen and oxygen atoms in total. The molecular weight excluding hydrogens is 328 g/mol. The molecule has 3 rings (SSSR count). The number of benzene rings is 1. The Labute approximate surface area is 142 Å². The number of rotatable bonds is 4. The fraction of sp³-hybridized carbons (Fsp3) is 0.118. The lowest BCUT2D eigenvalue weighted by Crippen LogP contribution is -2.30. The standard InChI is InChI=1S/C17H15F2N5O/c1-9(23-11-2-4-21-15(25)8-11)14-3-5-22-17(24-14)16-12(18)6-10(20)7-13(16)19/h3,5-8,23H,1-2,4,20H2,(H,21,25). The van der Waals surface area contributed by atoms with E-state index in [1.54, 1.807) is 6.07 Å². The summed E-state index contributed by atoms with van der Waals surface area (Å²) in [5.74, 6) is -2.01. The lowest BCUT2D eigenvalue weighted by atomic mass is 10.1. The highest BCUT2D eigenvalue weighted by molar-refractivity contribution is 5.89. The van der Waals surface area contributed by atoms with Gasteiger partial charge in [0.25, 0.3) is 0 Å². The zero-order valence-corrected chi connectivity index (χ0v) is 13.1. The summed E-state index contributed by atoms with van der Waals surface area (Å²) in [5.41, 5.74) is 6.45. The van der Waals surface area contributed by atoms with Gasteiger partial charge in [0.15, 0.2) is 5.82 Å². The van der Waals surface area contributed by atoms with Gasteiger partial charge in [-0.3, -0.25) is 4.79 Å². The zero-order valence-electron chi connectivity index (χ0n) is 13.1. The fourth-order valence-corrected chi connectivity index (χ4v) is 2.41. The second-order valence-corrected chi connectivity index (χ2v) is 5.44. The fourth-order valence-electron chi connectivity index (χ4n) is 2.41. The van der Waals surface area contributed by atoms with Crippen molar-refractivity contribution in [2.24, 2.45) is 0 Å². The number of nitrogens with two attached hydrogens (primary N) is 1. The van der Waals surface area contributed by atoms with Gasteiger partial charge in [-0.05, 0) is 18.2 Å². The van der Waals surface area contributed by atoms with E-state index in [0.29, 0.717) is 30.1 Å². The smallest absolute Gasteiger partial charge is 0.245 e. The van der Waals surface area contributed by atoms with E-state index in [2.05, 4.69) is 27.2 Å². The molecule has 0 radical (unpaired) electrons. The summed E-state index contributed by atoms with van der Waals surface area (Å²) >= 11 is 0. The van der Waals surface area contributed by atoms with Crippen molar-refractivity contribution in [2.75, 3.05) is 12.3 Å². The Balaban J connectivity index is 1.89. The van der Waals surface area contributed by atoms with E-state index in [1.807, 2.05) is 0 Å². The summed E-state index contributed by atoms with van der Waals surface area (Å²) in [7, 11) is 0. The first-order valence-corrected chi connectivity index (χ1v) is 7.46. The summed E-state index contributed by atoms with van der Waals surface area (Å²) < 4.78 is 28.1. The van der Waals surface area contributed by atoms with Crippen molar-refractivity contribution in [3.8, 4) is 11.4 Å². The summed E-state index contributed by atoms with van der Waals surface area (Å²) in [6.45, 7) is 4.37. The number of amides is 1. The summed E-state index contributed by atoms with van der Waals surface area (Å²) in [6, 6.07) is 3.56. The Morgan fingerprint density at radius 2 is 2.04 bits per heavy atom. The molecule has 25 heavy (non-hydrogen) atoms. The molecule has 0 bridgehead atoms. The van der Waals surface area contributed by atoms with Gasteiger partial charge in [-0.25, -0.2) is 18.7 Å². The van der Waals surface area contributed by atoms with E-state index in [-0.39, 0.29) is 23.0 Å². The van der Waals surface area contributed by atoms with Crippen molar-refractivity contribution in [1.82, 2.24) is 20.6 Å². The molecule has 0 aliphatic carbocycles. The van der Waals surface area contributed by atoms with Gasteiger partial charge in [0.1, 0.15) is 11.6 Å². The van der Waals surface area contributed by atoms with Crippen LogP contribution in [0.4, 0.5) is 14.5 Å². The number of nitrogens with zero attached hydrogens (tertiary/aromatic N) is 2. The van der Waals surface area contributed by atoms with Crippen molar-refractivity contribution in [2.45, 2.75) is 6.42 Å². The minimum Gasteiger partial charge on any atom is -0.399 e. The van der Waals surface area contributed by atoms with Crippen molar-refractivity contribution in [1.29, 1.82) is 0 Å². The van der Waals surface area contributed by atoms with Crippen LogP contribution in [-0.2, 0) is 4.79 Å². The van der Waals surface area contributed by atoms with Crippen LogP contribution in [0.3, 0.4) is 0 Å². The quantitative estimate of drug-likeness (QED) is 0.738. The first kappa shape index (κ1) is 16.6. The predicted octanol–water partition coefficient (Wildman–Crippen LogP) is 1.97. The molecule has 0 saturated carbocycles. The van der Waals surface area contributed by atoms with Gasteiger partial charge >= 0.3 is 0 Å². The van der Waals surface area contributed by atoms with E-state index >= 15 is 0 Å². The Bertz CT molecular complexity index is 871. The molecule has 0 spiro atoms. The molecule has 0 unspecified atom stereocenters. The van der Waals surface area contributed by atoms with E-state index in [4.69, 9.17) is 5.73 Å². The zero-order chi connectivity index (χ0) is 18.0. The molecule has 1 aromatic heterocycles. The van der Waals surface area contributed by atoms with Crippen LogP contribution in [0.5, 0.6) is 0 Å². The molecule has 0 atom stereocenters. The predicted molar refractivity (Wildman–Crippen MR) is 89.7 cm³/mol. The highest BCUT2D eigenvalue weighted by atomic mass is 19.1. The molecular formula is C17H15F2N5O. The monoisotopic (exact) mass is 343 g/mol. The van der Waals surface area contributed by atoms with Crippen LogP contribution < -0.4 is 16.4 Å². The van der Waals surface area contributed by atoms with Crippen LogP contribution >= 0.6 is 0 Å². The Morgan fingerprint density at radius 3 is 2.72 bits per heavy atom. The molecule has 0 saturated heterocycles. The molecule has 2 heterocycles. The topological polar surface area (TPSA) is 92.9 Å². The van der Waals surface area contributed by atoms with Gasteiger partial charge in [0, 0.05) is 36.6 Å². The number of hydrogen-bond donors (Lipinski definition) is 3. The molecule has 1 aliphatic rings. The van der Waals surface area contributed by atoms with Crippen LogP contribution in [0, 0.1) is 11.6 Å². The molecule has 0 fully saturated rings. The van der Waals surface area contributed by atoms with Crippen LogP contribution in [-0.4, -0.2) is 22.4 Å². The Morgan fingerprint density at radius 1 is 1.32 bits per heavy atom. The largest absolute Gasteiger partial charge is 0.399 e. The third-order valence-corrected chi connectivity index (χ3v) is 3.56. The maximum absolute atomic E-state index is 14.1. The second-order valence-electron chi connectivity index (χ2n) is 5.44. The average Bonchev–Trinajstić information content (AvgIpc) is 2.54. The molecule has 4 N–H and O–H groups in total. The number of carbonyl (C=O) groups excluding carboxylic acids is 1. The molecule has 1 aromatic carbocycles. The first-order chi connectivity index (χ1) is 11.9.